The topological polar surface area (TPSA) is 74.9 Å². The van der Waals surface area contributed by atoms with E-state index in [0.717, 1.165) is 13.0 Å². The van der Waals surface area contributed by atoms with Gasteiger partial charge in [0, 0.05) is 32.8 Å². The van der Waals surface area contributed by atoms with Crippen LogP contribution in [0.1, 0.15) is 13.3 Å². The third kappa shape index (κ3) is 8.46. The Bertz CT molecular complexity index is 196. The lowest BCUT2D eigenvalue weighted by Crippen LogP contribution is -2.48. The first-order chi connectivity index (χ1) is 7.60. The molecule has 0 aliphatic heterocycles. The smallest absolute Gasteiger partial charge is 0.205 e. The average Bonchev–Trinajstić information content (AvgIpc) is 2.21. The molecule has 0 amide bonds. The number of nitrogens with zero attached hydrogens (tertiary/aromatic N) is 2. The zero-order chi connectivity index (χ0) is 12.4. The lowest BCUT2D eigenvalue weighted by Gasteiger charge is -2.20. The number of nitrogens with two attached hydrogens (primary N) is 1. The first-order valence-corrected chi connectivity index (χ1v) is 5.51. The molecule has 0 aromatic rings. The highest BCUT2D eigenvalue weighted by atomic mass is 16.5. The Hall–Kier alpha value is -0.850. The number of likely N-dealkylation sites (N-methyl/N-ethyl adjacent to an activating group) is 1. The molecule has 0 heterocycles. The van der Waals surface area contributed by atoms with Crippen molar-refractivity contribution in [3.05, 3.63) is 0 Å². The molecule has 0 aliphatic rings. The van der Waals surface area contributed by atoms with E-state index in [1.54, 1.807) is 7.11 Å². The van der Waals surface area contributed by atoms with E-state index < -0.39 is 0 Å². The molecular weight excluding hydrogens is 206 g/mol. The average molecular weight is 231 g/mol. The Labute approximate surface area is 98.2 Å². The number of hydrogen-bond acceptors (Lipinski definition) is 4. The van der Waals surface area contributed by atoms with Crippen molar-refractivity contribution in [2.75, 3.05) is 40.9 Å². The first kappa shape index (κ1) is 15.2. The van der Waals surface area contributed by atoms with E-state index >= 15 is 0 Å². The fourth-order valence-electron chi connectivity index (χ4n) is 1.36. The monoisotopic (exact) mass is 231 g/mol. The molecule has 0 bridgehead atoms. The highest BCUT2D eigenvalue weighted by molar-refractivity contribution is 5.79. The zero-order valence-electron chi connectivity index (χ0n) is 10.8. The number of methoxy groups -OCH3 is 1. The van der Waals surface area contributed by atoms with Gasteiger partial charge in [0.1, 0.15) is 0 Å². The van der Waals surface area contributed by atoms with Crippen LogP contribution in [0.3, 0.4) is 0 Å². The maximum absolute atomic E-state index is 5.38. The molecule has 0 aliphatic carbocycles. The molecule has 4 N–H and O–H groups in total. The Morgan fingerprint density at radius 2 is 2.19 bits per heavy atom. The number of nitrogens with one attached hydrogen (secondary N) is 2. The summed E-state index contributed by atoms with van der Waals surface area (Å²) in [5, 5.41) is 3.21. The van der Waals surface area contributed by atoms with Gasteiger partial charge in [0.2, 0.25) is 5.96 Å². The number of hydrazine groups is 1. The van der Waals surface area contributed by atoms with Gasteiger partial charge in [-0.2, -0.15) is 0 Å². The summed E-state index contributed by atoms with van der Waals surface area (Å²) in [6, 6.07) is 0.298. The van der Waals surface area contributed by atoms with Crippen molar-refractivity contribution in [2.45, 2.75) is 19.4 Å². The summed E-state index contributed by atoms with van der Waals surface area (Å²) < 4.78 is 4.94. The van der Waals surface area contributed by atoms with Crippen LogP contribution in [0.5, 0.6) is 0 Å². The van der Waals surface area contributed by atoms with Crippen molar-refractivity contribution in [1.82, 2.24) is 15.6 Å². The van der Waals surface area contributed by atoms with Gasteiger partial charge in [-0.15, -0.1) is 0 Å². The standard InChI is InChI=1S/C10H25N5O/c1-9(8-15(2)3)13-10(14-11)12-6-5-7-16-4/h9H,5-8,11H2,1-4H3,(H2,12,13,14). The molecule has 0 aromatic heterocycles. The molecule has 6 heteroatoms. The second-order valence-electron chi connectivity index (χ2n) is 4.03. The molecule has 0 radical (unpaired) electrons. The van der Waals surface area contributed by atoms with Crippen LogP contribution in [0.4, 0.5) is 0 Å². The van der Waals surface area contributed by atoms with Crippen LogP contribution in [-0.2, 0) is 4.74 Å². The van der Waals surface area contributed by atoms with Crippen molar-refractivity contribution in [1.29, 1.82) is 0 Å². The van der Waals surface area contributed by atoms with Crippen molar-refractivity contribution < 1.29 is 4.74 Å². The van der Waals surface area contributed by atoms with E-state index in [-0.39, 0.29) is 0 Å². The number of aliphatic imine (C=N–C) groups is 1. The van der Waals surface area contributed by atoms with Gasteiger partial charge in [0.05, 0.1) is 0 Å². The maximum Gasteiger partial charge on any atom is 0.205 e. The number of guanidine groups is 1. The SMILES string of the molecule is COCCCN=C(NN)NC(C)CN(C)C. The Balaban J connectivity index is 3.88. The third-order valence-corrected chi connectivity index (χ3v) is 1.94. The minimum Gasteiger partial charge on any atom is -0.385 e. The van der Waals surface area contributed by atoms with Gasteiger partial charge in [-0.05, 0) is 27.4 Å². The van der Waals surface area contributed by atoms with Crippen LogP contribution >= 0.6 is 0 Å². The van der Waals surface area contributed by atoms with Crippen molar-refractivity contribution in [2.24, 2.45) is 10.8 Å². The molecule has 0 spiro atoms. The summed E-state index contributed by atoms with van der Waals surface area (Å²) in [6.07, 6.45) is 0.894. The van der Waals surface area contributed by atoms with Crippen LogP contribution < -0.4 is 16.6 Å². The van der Waals surface area contributed by atoms with Crippen LogP contribution in [0.15, 0.2) is 4.99 Å². The summed E-state index contributed by atoms with van der Waals surface area (Å²) in [5.41, 5.74) is 2.56. The summed E-state index contributed by atoms with van der Waals surface area (Å²) in [4.78, 5) is 6.41. The van der Waals surface area contributed by atoms with Crippen LogP contribution in [0.2, 0.25) is 0 Å². The fourth-order valence-corrected chi connectivity index (χ4v) is 1.36. The van der Waals surface area contributed by atoms with E-state index in [1.165, 1.54) is 0 Å². The molecule has 16 heavy (non-hydrogen) atoms. The predicted octanol–water partition coefficient (Wildman–Crippen LogP) is -0.618. The Kier molecular flexibility index (Phi) is 8.88. The van der Waals surface area contributed by atoms with Crippen LogP contribution in [0.25, 0.3) is 0 Å². The maximum atomic E-state index is 5.38. The van der Waals surface area contributed by atoms with E-state index in [2.05, 4.69) is 27.6 Å². The van der Waals surface area contributed by atoms with Crippen molar-refractivity contribution in [3.8, 4) is 0 Å². The van der Waals surface area contributed by atoms with E-state index in [1.807, 2.05) is 14.1 Å². The minimum atomic E-state index is 0.298. The van der Waals surface area contributed by atoms with Gasteiger partial charge < -0.3 is 15.0 Å². The molecule has 0 fully saturated rings. The highest BCUT2D eigenvalue weighted by Gasteiger charge is 2.04. The zero-order valence-corrected chi connectivity index (χ0v) is 10.8. The molecule has 6 nitrogen and oxygen atoms in total. The molecule has 1 atom stereocenters. The highest BCUT2D eigenvalue weighted by Crippen LogP contribution is 1.86. The second kappa shape index (κ2) is 9.38. The molecule has 1 unspecified atom stereocenters. The van der Waals surface area contributed by atoms with Gasteiger partial charge in [0.25, 0.3) is 0 Å². The largest absolute Gasteiger partial charge is 0.385 e. The van der Waals surface area contributed by atoms with Gasteiger partial charge in [0.15, 0.2) is 0 Å². The summed E-state index contributed by atoms with van der Waals surface area (Å²) in [6.45, 7) is 4.43. The molecule has 0 rings (SSSR count). The third-order valence-electron chi connectivity index (χ3n) is 1.94. The number of rotatable bonds is 7. The fraction of sp³-hybridized carbons (Fsp3) is 0.900. The second-order valence-corrected chi connectivity index (χ2v) is 4.03. The van der Waals surface area contributed by atoms with E-state index in [0.29, 0.717) is 25.2 Å². The molecule has 0 saturated carbocycles. The van der Waals surface area contributed by atoms with Crippen LogP contribution in [0, 0.1) is 0 Å². The van der Waals surface area contributed by atoms with E-state index in [9.17, 15) is 0 Å². The summed E-state index contributed by atoms with van der Waals surface area (Å²) in [7, 11) is 5.75. The number of hydrogen-bond donors (Lipinski definition) is 3. The Morgan fingerprint density at radius 1 is 1.50 bits per heavy atom. The van der Waals surface area contributed by atoms with Gasteiger partial charge in [-0.25, -0.2) is 5.84 Å². The number of ether oxygens (including phenoxy) is 1. The molecule has 96 valence electrons. The van der Waals surface area contributed by atoms with Gasteiger partial charge in [-0.3, -0.25) is 10.4 Å². The van der Waals surface area contributed by atoms with Crippen molar-refractivity contribution in [3.63, 3.8) is 0 Å². The van der Waals surface area contributed by atoms with Gasteiger partial charge >= 0.3 is 0 Å². The van der Waals surface area contributed by atoms with Gasteiger partial charge in [-0.1, -0.05) is 0 Å². The quantitative estimate of drug-likeness (QED) is 0.179. The molecule has 0 saturated heterocycles. The normalized spacial score (nSPS) is 14.0. The summed E-state index contributed by atoms with van der Waals surface area (Å²) in [5.74, 6) is 6.01. The van der Waals surface area contributed by atoms with Crippen molar-refractivity contribution >= 4 is 5.96 Å². The predicted molar refractivity (Wildman–Crippen MR) is 67.3 cm³/mol. The first-order valence-electron chi connectivity index (χ1n) is 5.51. The summed E-state index contributed by atoms with van der Waals surface area (Å²) >= 11 is 0. The lowest BCUT2D eigenvalue weighted by molar-refractivity contribution is 0.197. The molecular formula is C10H25N5O. The Morgan fingerprint density at radius 3 is 2.69 bits per heavy atom. The lowest BCUT2D eigenvalue weighted by atomic mass is 10.3. The van der Waals surface area contributed by atoms with Crippen LogP contribution in [-0.4, -0.2) is 57.8 Å². The van der Waals surface area contributed by atoms with E-state index in [4.69, 9.17) is 10.6 Å². The molecule has 0 aromatic carbocycles. The minimum absolute atomic E-state index is 0.298.